The molecule has 0 aromatic heterocycles. The van der Waals surface area contributed by atoms with Gasteiger partial charge in [0.2, 0.25) is 5.91 Å². The number of aliphatic hydroxyl groups excluding tert-OH is 1. The Morgan fingerprint density at radius 2 is 0.709 bits per heavy atom. The lowest BCUT2D eigenvalue weighted by Crippen LogP contribution is -2.45. The van der Waals surface area contributed by atoms with Gasteiger partial charge < -0.3 is 28.8 Å². The number of phosphoric ester groups is 1. The Labute approximate surface area is 493 Å². The minimum atomic E-state index is -4.61. The molecular formula is C70H137N2O6P. The lowest BCUT2D eigenvalue weighted by Gasteiger charge is -2.29. The van der Waals surface area contributed by atoms with Gasteiger partial charge in [-0.15, -0.1) is 0 Å². The van der Waals surface area contributed by atoms with Crippen molar-refractivity contribution in [3.05, 3.63) is 36.5 Å². The van der Waals surface area contributed by atoms with Gasteiger partial charge in [-0.2, -0.15) is 0 Å². The predicted molar refractivity (Wildman–Crippen MR) is 344 cm³/mol. The van der Waals surface area contributed by atoms with E-state index in [-0.39, 0.29) is 19.1 Å². The third kappa shape index (κ3) is 64.1. The van der Waals surface area contributed by atoms with Crippen LogP contribution in [0, 0.1) is 0 Å². The number of hydrogen-bond acceptors (Lipinski definition) is 6. The number of carbonyl (C=O) groups is 1. The van der Waals surface area contributed by atoms with E-state index in [9.17, 15) is 19.4 Å². The quantitative estimate of drug-likeness (QED) is 0.0272. The van der Waals surface area contributed by atoms with Gasteiger partial charge in [-0.05, 0) is 57.8 Å². The molecule has 0 spiro atoms. The molecule has 0 fully saturated rings. The molecule has 9 heteroatoms. The normalized spacial score (nSPS) is 13.9. The van der Waals surface area contributed by atoms with E-state index in [1.165, 1.54) is 295 Å². The highest BCUT2D eigenvalue weighted by atomic mass is 31.2. The molecule has 0 radical (unpaired) electrons. The number of nitrogens with one attached hydrogen (secondary N) is 1. The first-order valence-electron chi connectivity index (χ1n) is 34.9. The zero-order chi connectivity index (χ0) is 57.7. The summed E-state index contributed by atoms with van der Waals surface area (Å²) in [6.45, 7) is 4.68. The zero-order valence-electron chi connectivity index (χ0n) is 53.6. The average molecular weight is 1130 g/mol. The number of aliphatic hydroxyl groups is 1. The minimum Gasteiger partial charge on any atom is -0.756 e. The Morgan fingerprint density at radius 3 is 1.03 bits per heavy atom. The summed E-state index contributed by atoms with van der Waals surface area (Å²) in [5.41, 5.74) is 0. The highest BCUT2D eigenvalue weighted by molar-refractivity contribution is 7.45. The van der Waals surface area contributed by atoms with Crippen LogP contribution in [0.3, 0.4) is 0 Å². The Balaban J connectivity index is 3.94. The van der Waals surface area contributed by atoms with Gasteiger partial charge in [0, 0.05) is 6.42 Å². The lowest BCUT2D eigenvalue weighted by atomic mass is 10.0. The number of nitrogens with zero attached hydrogens (tertiary/aromatic N) is 1. The van der Waals surface area contributed by atoms with Crippen LogP contribution in [0.5, 0.6) is 0 Å². The van der Waals surface area contributed by atoms with E-state index in [1.807, 2.05) is 27.2 Å². The summed E-state index contributed by atoms with van der Waals surface area (Å²) < 4.78 is 23.4. The molecule has 0 rings (SSSR count). The summed E-state index contributed by atoms with van der Waals surface area (Å²) in [7, 11) is 1.26. The third-order valence-corrected chi connectivity index (χ3v) is 17.0. The standard InChI is InChI=1S/C70H137N2O6P/c1-6-8-10-12-14-16-18-20-22-24-26-27-28-29-30-31-32-33-34-35-36-37-38-39-40-41-42-43-44-45-46-48-50-52-54-56-58-60-62-64-70(74)71-68(67-78-79(75,76)77-66-65-72(3,4)5)69(73)63-61-59-57-55-53-51-49-47-25-23-21-19-17-15-13-11-9-7-2/h35-36,53,55,61,63,68-69,73H,6-34,37-52,54,56-60,62,64-67H2,1-5H3,(H-,71,74,75,76)/b36-35-,55-53+,63-61+. The molecule has 0 aromatic rings. The van der Waals surface area contributed by atoms with Crippen LogP contribution in [0.4, 0.5) is 0 Å². The summed E-state index contributed by atoms with van der Waals surface area (Å²) in [6, 6.07) is -0.903. The molecule has 0 aliphatic carbocycles. The molecule has 0 bridgehead atoms. The molecule has 0 saturated heterocycles. The molecule has 3 atom stereocenters. The number of allylic oxidation sites excluding steroid dienone is 5. The molecule has 0 saturated carbocycles. The van der Waals surface area contributed by atoms with Gasteiger partial charge in [0.15, 0.2) is 0 Å². The predicted octanol–water partition coefficient (Wildman–Crippen LogP) is 21.4. The van der Waals surface area contributed by atoms with E-state index in [4.69, 9.17) is 9.05 Å². The maximum Gasteiger partial charge on any atom is 0.268 e. The first-order valence-corrected chi connectivity index (χ1v) is 36.3. The number of amides is 1. The van der Waals surface area contributed by atoms with E-state index in [0.29, 0.717) is 17.4 Å². The van der Waals surface area contributed by atoms with Gasteiger partial charge in [-0.25, -0.2) is 0 Å². The fraction of sp³-hybridized carbons (Fsp3) is 0.900. The number of phosphoric acid groups is 1. The number of likely N-dealkylation sites (N-methyl/N-ethyl adjacent to an activating group) is 1. The molecule has 0 aliphatic rings. The molecule has 0 heterocycles. The average Bonchev–Trinajstić information content (AvgIpc) is 3.42. The minimum absolute atomic E-state index is 0.00483. The molecule has 1 amide bonds. The van der Waals surface area contributed by atoms with E-state index in [2.05, 4.69) is 43.5 Å². The Morgan fingerprint density at radius 1 is 0.430 bits per heavy atom. The second-order valence-corrected chi connectivity index (χ2v) is 26.6. The van der Waals surface area contributed by atoms with Crippen LogP contribution < -0.4 is 10.2 Å². The van der Waals surface area contributed by atoms with Gasteiger partial charge in [0.05, 0.1) is 39.9 Å². The molecule has 0 aromatic carbocycles. The van der Waals surface area contributed by atoms with Crippen LogP contribution in [0.15, 0.2) is 36.5 Å². The third-order valence-electron chi connectivity index (χ3n) is 16.1. The van der Waals surface area contributed by atoms with Crippen LogP contribution in [-0.2, 0) is 18.4 Å². The van der Waals surface area contributed by atoms with Crippen molar-refractivity contribution in [3.8, 4) is 0 Å². The van der Waals surface area contributed by atoms with Crippen molar-refractivity contribution in [2.45, 2.75) is 366 Å². The Hall–Kier alpha value is -1.28. The van der Waals surface area contributed by atoms with Crippen molar-refractivity contribution < 1.29 is 32.9 Å². The van der Waals surface area contributed by atoms with E-state index < -0.39 is 20.0 Å². The van der Waals surface area contributed by atoms with E-state index in [0.717, 1.165) is 38.5 Å². The van der Waals surface area contributed by atoms with Crippen molar-refractivity contribution in [3.63, 3.8) is 0 Å². The number of hydrogen-bond donors (Lipinski definition) is 2. The molecule has 8 nitrogen and oxygen atoms in total. The van der Waals surface area contributed by atoms with Crippen molar-refractivity contribution in [1.82, 2.24) is 5.32 Å². The van der Waals surface area contributed by atoms with Crippen LogP contribution >= 0.6 is 7.82 Å². The second kappa shape index (κ2) is 61.3. The monoisotopic (exact) mass is 1130 g/mol. The van der Waals surface area contributed by atoms with Crippen LogP contribution in [0.25, 0.3) is 0 Å². The molecule has 468 valence electrons. The fourth-order valence-electron chi connectivity index (χ4n) is 10.6. The van der Waals surface area contributed by atoms with E-state index >= 15 is 0 Å². The molecule has 3 unspecified atom stereocenters. The van der Waals surface area contributed by atoms with Gasteiger partial charge in [0.25, 0.3) is 7.82 Å². The van der Waals surface area contributed by atoms with Crippen molar-refractivity contribution in [2.75, 3.05) is 40.9 Å². The summed E-state index contributed by atoms with van der Waals surface area (Å²) in [5.74, 6) is -0.201. The zero-order valence-corrected chi connectivity index (χ0v) is 54.5. The van der Waals surface area contributed by atoms with Gasteiger partial charge >= 0.3 is 0 Å². The van der Waals surface area contributed by atoms with E-state index in [1.54, 1.807) is 6.08 Å². The fourth-order valence-corrected chi connectivity index (χ4v) is 11.4. The summed E-state index contributed by atoms with van der Waals surface area (Å²) in [4.78, 5) is 25.6. The van der Waals surface area contributed by atoms with Gasteiger partial charge in [-0.1, -0.05) is 326 Å². The van der Waals surface area contributed by atoms with Crippen molar-refractivity contribution in [1.29, 1.82) is 0 Å². The maximum atomic E-state index is 13.0. The molecule has 79 heavy (non-hydrogen) atoms. The molecule has 0 aliphatic heterocycles. The Bertz CT molecular complexity index is 1380. The number of unbranched alkanes of at least 4 members (excludes halogenated alkanes) is 48. The Kier molecular flexibility index (Phi) is 60.3. The molecule has 2 N–H and O–H groups in total. The maximum absolute atomic E-state index is 13.0. The number of quaternary nitrogens is 1. The first kappa shape index (κ1) is 77.7. The molecular weight excluding hydrogens is 996 g/mol. The summed E-state index contributed by atoms with van der Waals surface area (Å²) in [6.07, 6.45) is 81.5. The van der Waals surface area contributed by atoms with Crippen LogP contribution in [0.2, 0.25) is 0 Å². The summed E-state index contributed by atoms with van der Waals surface area (Å²) in [5, 5.41) is 13.9. The highest BCUT2D eigenvalue weighted by Crippen LogP contribution is 2.38. The highest BCUT2D eigenvalue weighted by Gasteiger charge is 2.23. The smallest absolute Gasteiger partial charge is 0.268 e. The van der Waals surface area contributed by atoms with Gasteiger partial charge in [-0.3, -0.25) is 9.36 Å². The van der Waals surface area contributed by atoms with Gasteiger partial charge in [0.1, 0.15) is 13.2 Å². The van der Waals surface area contributed by atoms with Crippen molar-refractivity contribution in [2.24, 2.45) is 0 Å². The first-order chi connectivity index (χ1) is 38.5. The summed E-state index contributed by atoms with van der Waals surface area (Å²) >= 11 is 0. The topological polar surface area (TPSA) is 108 Å². The largest absolute Gasteiger partial charge is 0.756 e. The lowest BCUT2D eigenvalue weighted by molar-refractivity contribution is -0.870. The van der Waals surface area contributed by atoms with Crippen LogP contribution in [0.1, 0.15) is 354 Å². The second-order valence-electron chi connectivity index (χ2n) is 25.2. The number of carbonyl (C=O) groups excluding carboxylic acids is 1. The van der Waals surface area contributed by atoms with Crippen LogP contribution in [-0.4, -0.2) is 68.5 Å². The number of rotatable bonds is 65. The SMILES string of the molecule is CCCCCCCCCCCCCC/C=C/CC/C=C/C(O)C(COP(=O)([O-])OCC[N+](C)(C)C)NC(=O)CCCCCCCCCCCCCCCCCCC/C=C\CCCCCCCCCCCCCCCCCCCC. The van der Waals surface area contributed by atoms with Crippen molar-refractivity contribution >= 4 is 13.7 Å².